The Labute approximate surface area is 150 Å². The van der Waals surface area contributed by atoms with E-state index in [1.807, 2.05) is 0 Å². The molecule has 1 aromatic carbocycles. The van der Waals surface area contributed by atoms with Crippen LogP contribution in [0.1, 0.15) is 41.7 Å². The van der Waals surface area contributed by atoms with Crippen LogP contribution in [0, 0.1) is 18.7 Å². The van der Waals surface area contributed by atoms with Gasteiger partial charge < -0.3 is 10.0 Å². The zero-order valence-electron chi connectivity index (χ0n) is 14.6. The Morgan fingerprint density at radius 2 is 2.19 bits per heavy atom. The number of benzene rings is 1. The van der Waals surface area contributed by atoms with Crippen molar-refractivity contribution in [1.29, 1.82) is 0 Å². The third-order valence-electron chi connectivity index (χ3n) is 4.69. The number of rotatable bonds is 5. The molecule has 2 aromatic rings. The molecule has 1 unspecified atom stereocenters. The number of piperidine rings is 1. The summed E-state index contributed by atoms with van der Waals surface area (Å²) in [7, 11) is 0. The van der Waals surface area contributed by atoms with Gasteiger partial charge in [-0.2, -0.15) is 0 Å². The largest absolute Gasteiger partial charge is 0.481 e. The number of amides is 1. The van der Waals surface area contributed by atoms with Crippen LogP contribution < -0.4 is 0 Å². The summed E-state index contributed by atoms with van der Waals surface area (Å²) in [5, 5.41) is 16.8. The van der Waals surface area contributed by atoms with Crippen LogP contribution in [-0.2, 0) is 4.79 Å². The van der Waals surface area contributed by atoms with Gasteiger partial charge in [0.2, 0.25) is 0 Å². The average molecular weight is 360 g/mol. The van der Waals surface area contributed by atoms with E-state index in [4.69, 9.17) is 5.11 Å². The summed E-state index contributed by atoms with van der Waals surface area (Å²) in [4.78, 5) is 25.2. The fraction of sp³-hybridized carbons (Fsp3) is 0.444. The number of nitrogens with zero attached hydrogens (tertiary/aromatic N) is 4. The number of carboxylic acids is 1. The van der Waals surface area contributed by atoms with Gasteiger partial charge in [-0.25, -0.2) is 9.07 Å². The van der Waals surface area contributed by atoms with Crippen LogP contribution in [0.4, 0.5) is 4.39 Å². The molecule has 7 nitrogen and oxygen atoms in total. The lowest BCUT2D eigenvalue weighted by molar-refractivity contribution is -0.137. The highest BCUT2D eigenvalue weighted by Crippen LogP contribution is 2.22. The first kappa shape index (κ1) is 18.0. The topological polar surface area (TPSA) is 88.3 Å². The monoisotopic (exact) mass is 360 g/mol. The van der Waals surface area contributed by atoms with Crippen LogP contribution in [0.25, 0.3) is 5.69 Å². The number of aliphatic carboxylic acids is 1. The molecule has 1 N–H and O–H groups in total. The predicted molar refractivity (Wildman–Crippen MR) is 91.6 cm³/mol. The summed E-state index contributed by atoms with van der Waals surface area (Å²) < 4.78 is 14.7. The van der Waals surface area contributed by atoms with Gasteiger partial charge in [0.1, 0.15) is 5.82 Å². The second kappa shape index (κ2) is 7.63. The van der Waals surface area contributed by atoms with Crippen molar-refractivity contribution in [3.8, 4) is 5.69 Å². The first-order chi connectivity index (χ1) is 12.4. The molecule has 0 bridgehead atoms. The number of aryl methyl sites for hydroxylation is 1. The molecule has 0 aliphatic carbocycles. The van der Waals surface area contributed by atoms with Crippen molar-refractivity contribution in [1.82, 2.24) is 19.9 Å². The Morgan fingerprint density at radius 3 is 2.92 bits per heavy atom. The maximum absolute atomic E-state index is 13.2. The molecule has 2 heterocycles. The predicted octanol–water partition coefficient (Wildman–Crippen LogP) is 2.43. The third kappa shape index (κ3) is 4.07. The standard InChI is InChI=1S/C18H21FN4O3/c1-12-9-14(19)5-6-16(12)23-11-15(20-21-23)18(26)22-8-2-3-13(10-22)4-7-17(24)25/h5-6,9,11,13H,2-4,7-8,10H2,1H3,(H,24,25). The molecule has 3 rings (SSSR count). The number of carbonyl (C=O) groups excluding carboxylic acids is 1. The molecule has 1 aliphatic heterocycles. The van der Waals surface area contributed by atoms with Crippen molar-refractivity contribution in [2.75, 3.05) is 13.1 Å². The van der Waals surface area contributed by atoms with Gasteiger partial charge >= 0.3 is 5.97 Å². The minimum absolute atomic E-state index is 0.118. The molecule has 0 spiro atoms. The lowest BCUT2D eigenvalue weighted by Gasteiger charge is -2.32. The van der Waals surface area contributed by atoms with Gasteiger partial charge in [0, 0.05) is 19.5 Å². The Balaban J connectivity index is 1.70. The van der Waals surface area contributed by atoms with Crippen molar-refractivity contribution in [3.05, 3.63) is 41.5 Å². The van der Waals surface area contributed by atoms with E-state index in [9.17, 15) is 14.0 Å². The number of carboxylic acid groups (broad SMARTS) is 1. The molecule has 8 heteroatoms. The van der Waals surface area contributed by atoms with Crippen LogP contribution in [-0.4, -0.2) is 50.0 Å². The molecule has 1 atom stereocenters. The molecule has 1 saturated heterocycles. The minimum atomic E-state index is -0.814. The second-order valence-corrected chi connectivity index (χ2v) is 6.67. The number of likely N-dealkylation sites (tertiary alicyclic amines) is 1. The summed E-state index contributed by atoms with van der Waals surface area (Å²) in [6.45, 7) is 2.93. The van der Waals surface area contributed by atoms with E-state index in [0.29, 0.717) is 30.8 Å². The number of hydrogen-bond donors (Lipinski definition) is 1. The van der Waals surface area contributed by atoms with Crippen molar-refractivity contribution in [2.24, 2.45) is 5.92 Å². The molecule has 1 aromatic heterocycles. The van der Waals surface area contributed by atoms with Crippen LogP contribution >= 0.6 is 0 Å². The van der Waals surface area contributed by atoms with Crippen LogP contribution in [0.5, 0.6) is 0 Å². The number of halogens is 1. The molecular formula is C18H21FN4O3. The molecule has 138 valence electrons. The zero-order valence-corrected chi connectivity index (χ0v) is 14.6. The van der Waals surface area contributed by atoms with E-state index in [0.717, 1.165) is 12.8 Å². The zero-order chi connectivity index (χ0) is 18.7. The highest BCUT2D eigenvalue weighted by Gasteiger charge is 2.26. The lowest BCUT2D eigenvalue weighted by Crippen LogP contribution is -2.40. The van der Waals surface area contributed by atoms with Gasteiger partial charge in [-0.1, -0.05) is 5.21 Å². The van der Waals surface area contributed by atoms with Gasteiger partial charge in [-0.3, -0.25) is 9.59 Å². The smallest absolute Gasteiger partial charge is 0.303 e. The number of hydrogen-bond acceptors (Lipinski definition) is 4. The summed E-state index contributed by atoms with van der Waals surface area (Å²) in [6, 6.07) is 4.33. The molecule has 0 saturated carbocycles. The molecule has 1 amide bonds. The highest BCUT2D eigenvalue weighted by atomic mass is 19.1. The SMILES string of the molecule is Cc1cc(F)ccc1-n1cc(C(=O)N2CCCC(CCC(=O)O)C2)nn1. The lowest BCUT2D eigenvalue weighted by atomic mass is 9.93. The van der Waals surface area contributed by atoms with E-state index in [1.54, 1.807) is 24.1 Å². The fourth-order valence-electron chi connectivity index (χ4n) is 3.33. The Hall–Kier alpha value is -2.77. The van der Waals surface area contributed by atoms with Crippen LogP contribution in [0.3, 0.4) is 0 Å². The van der Waals surface area contributed by atoms with Gasteiger partial charge in [-0.15, -0.1) is 5.10 Å². The van der Waals surface area contributed by atoms with E-state index < -0.39 is 5.97 Å². The van der Waals surface area contributed by atoms with Gasteiger partial charge in [0.05, 0.1) is 11.9 Å². The Morgan fingerprint density at radius 1 is 1.38 bits per heavy atom. The highest BCUT2D eigenvalue weighted by molar-refractivity contribution is 5.92. The van der Waals surface area contributed by atoms with Crippen LogP contribution in [0.2, 0.25) is 0 Å². The maximum Gasteiger partial charge on any atom is 0.303 e. The van der Waals surface area contributed by atoms with E-state index in [1.165, 1.54) is 16.8 Å². The first-order valence-corrected chi connectivity index (χ1v) is 8.64. The van der Waals surface area contributed by atoms with Gasteiger partial charge in [0.15, 0.2) is 5.69 Å². The average Bonchev–Trinajstić information content (AvgIpc) is 3.09. The first-order valence-electron chi connectivity index (χ1n) is 8.64. The summed E-state index contributed by atoms with van der Waals surface area (Å²) >= 11 is 0. The molecular weight excluding hydrogens is 339 g/mol. The van der Waals surface area contributed by atoms with Gasteiger partial charge in [0.25, 0.3) is 5.91 Å². The van der Waals surface area contributed by atoms with Crippen molar-refractivity contribution < 1.29 is 19.1 Å². The van der Waals surface area contributed by atoms with E-state index >= 15 is 0 Å². The van der Waals surface area contributed by atoms with Crippen molar-refractivity contribution >= 4 is 11.9 Å². The van der Waals surface area contributed by atoms with Crippen molar-refractivity contribution in [2.45, 2.75) is 32.6 Å². The molecule has 26 heavy (non-hydrogen) atoms. The second-order valence-electron chi connectivity index (χ2n) is 6.67. The van der Waals surface area contributed by atoms with E-state index in [2.05, 4.69) is 10.3 Å². The molecule has 1 fully saturated rings. The summed E-state index contributed by atoms with van der Waals surface area (Å²) in [5.74, 6) is -1.16. The number of aromatic nitrogens is 3. The summed E-state index contributed by atoms with van der Waals surface area (Å²) in [5.41, 5.74) is 1.59. The fourth-order valence-corrected chi connectivity index (χ4v) is 3.33. The normalized spacial score (nSPS) is 17.3. The minimum Gasteiger partial charge on any atom is -0.481 e. The molecule has 1 aliphatic rings. The van der Waals surface area contributed by atoms with Crippen molar-refractivity contribution in [3.63, 3.8) is 0 Å². The summed E-state index contributed by atoms with van der Waals surface area (Å²) in [6.07, 6.45) is 4.01. The molecule has 0 radical (unpaired) electrons. The third-order valence-corrected chi connectivity index (χ3v) is 4.69. The number of carbonyl (C=O) groups is 2. The van der Waals surface area contributed by atoms with E-state index in [-0.39, 0.29) is 29.8 Å². The van der Waals surface area contributed by atoms with Crippen LogP contribution in [0.15, 0.2) is 24.4 Å². The van der Waals surface area contributed by atoms with Gasteiger partial charge in [-0.05, 0) is 55.9 Å². The Kier molecular flexibility index (Phi) is 5.29. The maximum atomic E-state index is 13.2. The Bertz CT molecular complexity index is 821. The quantitative estimate of drug-likeness (QED) is 0.885.